The zero-order valence-corrected chi connectivity index (χ0v) is 16.4. The van der Waals surface area contributed by atoms with Gasteiger partial charge in [0, 0.05) is 42.0 Å². The molecular formula is C23H26N2S. The van der Waals surface area contributed by atoms with Crippen molar-refractivity contribution >= 4 is 27.1 Å². The molecule has 0 bridgehead atoms. The monoisotopic (exact) mass is 362 g/mol. The van der Waals surface area contributed by atoms with Crippen molar-refractivity contribution in [2.45, 2.75) is 31.7 Å². The van der Waals surface area contributed by atoms with E-state index in [0.29, 0.717) is 12.0 Å². The van der Waals surface area contributed by atoms with E-state index < -0.39 is 0 Å². The number of hydrogen-bond acceptors (Lipinski definition) is 3. The summed E-state index contributed by atoms with van der Waals surface area (Å²) in [6.07, 6.45) is 2.66. The van der Waals surface area contributed by atoms with Gasteiger partial charge in [-0.25, -0.2) is 0 Å². The van der Waals surface area contributed by atoms with E-state index >= 15 is 0 Å². The summed E-state index contributed by atoms with van der Waals surface area (Å²) in [7, 11) is 2.27. The average Bonchev–Trinajstić information content (AvgIpc) is 3.35. The van der Waals surface area contributed by atoms with Gasteiger partial charge in [0.2, 0.25) is 0 Å². The van der Waals surface area contributed by atoms with Crippen molar-refractivity contribution in [1.29, 1.82) is 0 Å². The Morgan fingerprint density at radius 1 is 0.962 bits per heavy atom. The van der Waals surface area contributed by atoms with Crippen LogP contribution in [0.1, 0.15) is 48.4 Å². The molecule has 2 nitrogen and oxygen atoms in total. The molecule has 2 unspecified atom stereocenters. The molecule has 2 aliphatic rings. The highest BCUT2D eigenvalue weighted by Gasteiger charge is 2.30. The van der Waals surface area contributed by atoms with E-state index in [1.165, 1.54) is 58.4 Å². The first-order chi connectivity index (χ1) is 12.7. The Morgan fingerprint density at radius 2 is 1.81 bits per heavy atom. The van der Waals surface area contributed by atoms with Gasteiger partial charge in [-0.2, -0.15) is 0 Å². The third-order valence-corrected chi connectivity index (χ3v) is 7.26. The van der Waals surface area contributed by atoms with Crippen molar-refractivity contribution in [1.82, 2.24) is 4.90 Å². The molecular weight excluding hydrogens is 336 g/mol. The van der Waals surface area contributed by atoms with Crippen molar-refractivity contribution in [3.05, 3.63) is 64.5 Å². The normalized spacial score (nSPS) is 23.5. The third-order valence-electron chi connectivity index (χ3n) is 6.38. The molecule has 2 atom stereocenters. The molecule has 0 radical (unpaired) electrons. The highest BCUT2D eigenvalue weighted by atomic mass is 32.1. The van der Waals surface area contributed by atoms with Gasteiger partial charge in [-0.3, -0.25) is 4.90 Å². The number of thiophene rings is 1. The topological polar surface area (TPSA) is 6.48 Å². The maximum atomic E-state index is 2.55. The highest BCUT2D eigenvalue weighted by molar-refractivity contribution is 7.17. The smallest absolute Gasteiger partial charge is 0.0369 e. The maximum Gasteiger partial charge on any atom is 0.0369 e. The number of nitrogens with zero attached hydrogens (tertiary/aromatic N) is 2. The fourth-order valence-corrected chi connectivity index (χ4v) is 5.51. The van der Waals surface area contributed by atoms with Crippen LogP contribution in [-0.2, 0) is 0 Å². The third kappa shape index (κ3) is 2.65. The van der Waals surface area contributed by atoms with E-state index in [1.54, 1.807) is 0 Å². The largest absolute Gasteiger partial charge is 0.372 e. The molecule has 5 rings (SSSR count). The SMILES string of the molecule is CC1c2cc(N3CCCC3)ccc2C(c2ccc3ccsc3c2)CN1C. The van der Waals surface area contributed by atoms with Gasteiger partial charge in [0.25, 0.3) is 0 Å². The van der Waals surface area contributed by atoms with Crippen LogP contribution in [0.5, 0.6) is 0 Å². The molecule has 0 saturated carbocycles. The van der Waals surface area contributed by atoms with Crippen LogP contribution in [0.15, 0.2) is 47.8 Å². The Morgan fingerprint density at radius 3 is 2.65 bits per heavy atom. The number of fused-ring (bicyclic) bond motifs is 2. The summed E-state index contributed by atoms with van der Waals surface area (Å²) in [5.41, 5.74) is 5.90. The lowest BCUT2D eigenvalue weighted by Crippen LogP contribution is -2.34. The van der Waals surface area contributed by atoms with Crippen molar-refractivity contribution in [3.8, 4) is 0 Å². The van der Waals surface area contributed by atoms with Crippen LogP contribution in [0.2, 0.25) is 0 Å². The van der Waals surface area contributed by atoms with E-state index in [0.717, 1.165) is 6.54 Å². The summed E-state index contributed by atoms with van der Waals surface area (Å²) in [5.74, 6) is 0.463. The summed E-state index contributed by atoms with van der Waals surface area (Å²) in [5, 5.41) is 3.56. The highest BCUT2D eigenvalue weighted by Crippen LogP contribution is 2.41. The van der Waals surface area contributed by atoms with Crippen LogP contribution >= 0.6 is 11.3 Å². The lowest BCUT2D eigenvalue weighted by molar-refractivity contribution is 0.234. The molecule has 26 heavy (non-hydrogen) atoms. The Balaban J connectivity index is 1.58. The number of rotatable bonds is 2. The second-order valence-corrected chi connectivity index (χ2v) is 8.84. The number of hydrogen-bond donors (Lipinski definition) is 0. The number of anilines is 1. The zero-order valence-electron chi connectivity index (χ0n) is 15.6. The molecule has 134 valence electrons. The van der Waals surface area contributed by atoms with E-state index in [9.17, 15) is 0 Å². The first-order valence-corrected chi connectivity index (χ1v) is 10.6. The Hall–Kier alpha value is -1.84. The summed E-state index contributed by atoms with van der Waals surface area (Å²) in [6.45, 7) is 5.86. The Bertz CT molecular complexity index is 938. The van der Waals surface area contributed by atoms with Crippen LogP contribution in [0.25, 0.3) is 10.1 Å². The van der Waals surface area contributed by atoms with Gasteiger partial charge < -0.3 is 4.90 Å². The molecule has 0 N–H and O–H groups in total. The van der Waals surface area contributed by atoms with E-state index in [4.69, 9.17) is 0 Å². The molecule has 0 spiro atoms. The molecule has 3 aromatic rings. The molecule has 1 fully saturated rings. The van der Waals surface area contributed by atoms with Crippen molar-refractivity contribution in [3.63, 3.8) is 0 Å². The summed E-state index contributed by atoms with van der Waals surface area (Å²) in [6, 6.07) is 17.0. The Labute approximate surface area is 160 Å². The molecule has 0 amide bonds. The summed E-state index contributed by atoms with van der Waals surface area (Å²) in [4.78, 5) is 5.06. The molecule has 3 heterocycles. The fourth-order valence-electron chi connectivity index (χ4n) is 4.67. The minimum Gasteiger partial charge on any atom is -0.372 e. The minimum atomic E-state index is 0.463. The van der Waals surface area contributed by atoms with Crippen LogP contribution in [0.3, 0.4) is 0 Å². The van der Waals surface area contributed by atoms with E-state index in [1.807, 2.05) is 11.3 Å². The van der Waals surface area contributed by atoms with Crippen LogP contribution in [0, 0.1) is 0 Å². The van der Waals surface area contributed by atoms with Crippen molar-refractivity contribution in [2.24, 2.45) is 0 Å². The summed E-state index contributed by atoms with van der Waals surface area (Å²) >= 11 is 1.85. The van der Waals surface area contributed by atoms with Gasteiger partial charge in [-0.15, -0.1) is 11.3 Å². The maximum absolute atomic E-state index is 2.55. The molecule has 2 aromatic carbocycles. The fraction of sp³-hybridized carbons (Fsp3) is 0.391. The first kappa shape index (κ1) is 16.3. The van der Waals surface area contributed by atoms with Gasteiger partial charge in [-0.05, 0) is 78.5 Å². The summed E-state index contributed by atoms with van der Waals surface area (Å²) < 4.78 is 1.40. The van der Waals surface area contributed by atoms with E-state index in [-0.39, 0.29) is 0 Å². The second kappa shape index (κ2) is 6.40. The quantitative estimate of drug-likeness (QED) is 0.582. The average molecular weight is 363 g/mol. The predicted molar refractivity (Wildman–Crippen MR) is 113 cm³/mol. The van der Waals surface area contributed by atoms with E-state index in [2.05, 4.69) is 71.6 Å². The van der Waals surface area contributed by atoms with Gasteiger partial charge in [0.15, 0.2) is 0 Å². The van der Waals surface area contributed by atoms with Crippen molar-refractivity contribution < 1.29 is 0 Å². The molecule has 2 aliphatic heterocycles. The standard InChI is InChI=1S/C23H26N2S/c1-16-21-14-19(25-10-3-4-11-25)7-8-20(21)22(15-24(16)2)18-6-5-17-9-12-26-23(17)13-18/h5-9,12-14,16,22H,3-4,10-11,15H2,1-2H3. The number of benzene rings is 2. The van der Waals surface area contributed by atoms with Crippen LogP contribution in [0.4, 0.5) is 5.69 Å². The van der Waals surface area contributed by atoms with Gasteiger partial charge in [-0.1, -0.05) is 18.2 Å². The van der Waals surface area contributed by atoms with Gasteiger partial charge in [0.05, 0.1) is 0 Å². The van der Waals surface area contributed by atoms with Gasteiger partial charge in [0.1, 0.15) is 0 Å². The molecule has 0 aliphatic carbocycles. The molecule has 1 aromatic heterocycles. The first-order valence-electron chi connectivity index (χ1n) is 9.77. The Kier molecular flexibility index (Phi) is 4.02. The predicted octanol–water partition coefficient (Wildman–Crippen LogP) is 5.64. The molecule has 3 heteroatoms. The lowest BCUT2D eigenvalue weighted by Gasteiger charge is -2.38. The zero-order chi connectivity index (χ0) is 17.7. The number of likely N-dealkylation sites (N-methyl/N-ethyl adjacent to an activating group) is 1. The minimum absolute atomic E-state index is 0.463. The van der Waals surface area contributed by atoms with Crippen LogP contribution < -0.4 is 4.90 Å². The van der Waals surface area contributed by atoms with Gasteiger partial charge >= 0.3 is 0 Å². The lowest BCUT2D eigenvalue weighted by atomic mass is 9.81. The van der Waals surface area contributed by atoms with Crippen molar-refractivity contribution in [2.75, 3.05) is 31.6 Å². The molecule has 1 saturated heterocycles. The van der Waals surface area contributed by atoms with Crippen LogP contribution in [-0.4, -0.2) is 31.6 Å². The second-order valence-electron chi connectivity index (χ2n) is 7.89.